The molecule has 28 heavy (non-hydrogen) atoms. The highest BCUT2D eigenvalue weighted by Gasteiger charge is 2.25. The van der Waals surface area contributed by atoms with Crippen molar-refractivity contribution < 1.29 is 22.9 Å². The monoisotopic (exact) mass is 414 g/mol. The van der Waals surface area contributed by atoms with Crippen LogP contribution in [0.4, 0.5) is 11.4 Å². The van der Waals surface area contributed by atoms with Gasteiger partial charge in [0.2, 0.25) is 15.9 Å². The van der Waals surface area contributed by atoms with E-state index in [1.165, 1.54) is 25.1 Å². The zero-order valence-corrected chi connectivity index (χ0v) is 16.9. The van der Waals surface area contributed by atoms with Crippen LogP contribution in [0.3, 0.4) is 0 Å². The summed E-state index contributed by atoms with van der Waals surface area (Å²) in [5.41, 5.74) is 0.121. The zero-order valence-electron chi connectivity index (χ0n) is 16.1. The summed E-state index contributed by atoms with van der Waals surface area (Å²) in [4.78, 5) is 25.1. The minimum absolute atomic E-state index is 0.125. The van der Waals surface area contributed by atoms with E-state index in [1.807, 2.05) is 0 Å². The van der Waals surface area contributed by atoms with E-state index >= 15 is 0 Å². The molecule has 1 aliphatic rings. The predicted molar refractivity (Wildman–Crippen MR) is 105 cm³/mol. The Morgan fingerprint density at radius 1 is 1.36 bits per heavy atom. The minimum Gasteiger partial charge on any atom is -0.379 e. The molecule has 156 valence electrons. The van der Waals surface area contributed by atoms with E-state index in [0.717, 1.165) is 36.6 Å². The molecule has 1 fully saturated rings. The van der Waals surface area contributed by atoms with Crippen LogP contribution >= 0.6 is 0 Å². The molecule has 1 saturated heterocycles. The molecule has 1 aromatic carbocycles. The predicted octanol–water partition coefficient (Wildman–Crippen LogP) is 0.508. The average molecular weight is 414 g/mol. The largest absolute Gasteiger partial charge is 0.379 e. The SMILES string of the molecule is Cc1c(N(CC(=O)NCCCN2CCOCC2)S(C)(=O)=O)cccc1[N+](=O)[O-]. The maximum absolute atomic E-state index is 12.3. The molecule has 0 spiro atoms. The van der Waals surface area contributed by atoms with E-state index in [2.05, 4.69) is 10.2 Å². The molecule has 1 N–H and O–H groups in total. The molecule has 1 aliphatic heterocycles. The van der Waals surface area contributed by atoms with Crippen LogP contribution in [0, 0.1) is 17.0 Å². The molecule has 0 radical (unpaired) electrons. The van der Waals surface area contributed by atoms with Crippen molar-refractivity contribution in [2.24, 2.45) is 0 Å². The number of nitrogens with one attached hydrogen (secondary N) is 1. The highest BCUT2D eigenvalue weighted by molar-refractivity contribution is 7.92. The van der Waals surface area contributed by atoms with Crippen LogP contribution < -0.4 is 9.62 Å². The molecule has 10 nitrogen and oxygen atoms in total. The number of morpholine rings is 1. The number of carbonyl (C=O) groups is 1. The molecule has 0 saturated carbocycles. The Kier molecular flexibility index (Phi) is 7.72. The Balaban J connectivity index is 1.98. The summed E-state index contributed by atoms with van der Waals surface area (Å²) in [7, 11) is -3.80. The van der Waals surface area contributed by atoms with Gasteiger partial charge in [-0.25, -0.2) is 8.42 Å². The number of ether oxygens (including phenoxy) is 1. The van der Waals surface area contributed by atoms with Crippen molar-refractivity contribution in [1.29, 1.82) is 0 Å². The van der Waals surface area contributed by atoms with Gasteiger partial charge in [-0.15, -0.1) is 0 Å². The second-order valence-electron chi connectivity index (χ2n) is 6.61. The molecule has 1 heterocycles. The Labute approximate surface area is 164 Å². The molecule has 0 atom stereocenters. The van der Waals surface area contributed by atoms with Gasteiger partial charge in [0, 0.05) is 25.7 Å². The summed E-state index contributed by atoms with van der Waals surface area (Å²) in [6.07, 6.45) is 1.71. The van der Waals surface area contributed by atoms with E-state index in [9.17, 15) is 23.3 Å². The average Bonchev–Trinajstić information content (AvgIpc) is 2.63. The number of sulfonamides is 1. The second kappa shape index (κ2) is 9.80. The molecule has 1 aromatic rings. The van der Waals surface area contributed by atoms with Gasteiger partial charge < -0.3 is 10.1 Å². The van der Waals surface area contributed by atoms with Crippen molar-refractivity contribution in [3.05, 3.63) is 33.9 Å². The third kappa shape index (κ3) is 6.14. The molecule has 0 bridgehead atoms. The van der Waals surface area contributed by atoms with Crippen LogP contribution in [-0.4, -0.2) is 76.3 Å². The number of amides is 1. The number of nitrogens with zero attached hydrogens (tertiary/aromatic N) is 3. The summed E-state index contributed by atoms with van der Waals surface area (Å²) in [6.45, 7) is 5.41. The topological polar surface area (TPSA) is 122 Å². The maximum atomic E-state index is 12.3. The maximum Gasteiger partial charge on any atom is 0.274 e. The third-order valence-corrected chi connectivity index (χ3v) is 5.63. The van der Waals surface area contributed by atoms with Crippen molar-refractivity contribution in [2.75, 3.05) is 56.5 Å². The van der Waals surface area contributed by atoms with E-state index < -0.39 is 27.4 Å². The van der Waals surface area contributed by atoms with Gasteiger partial charge in [-0.05, 0) is 26.0 Å². The Bertz CT molecular complexity index is 808. The van der Waals surface area contributed by atoms with Crippen molar-refractivity contribution in [2.45, 2.75) is 13.3 Å². The van der Waals surface area contributed by atoms with Crippen LogP contribution in [0.1, 0.15) is 12.0 Å². The molecule has 1 amide bonds. The molecule has 11 heteroatoms. The summed E-state index contributed by atoms with van der Waals surface area (Å²) in [5.74, 6) is -0.460. The third-order valence-electron chi connectivity index (χ3n) is 4.51. The molecular weight excluding hydrogens is 388 g/mol. The summed E-state index contributed by atoms with van der Waals surface area (Å²) in [5, 5.41) is 13.8. The Hall–Kier alpha value is -2.24. The van der Waals surface area contributed by atoms with Crippen LogP contribution in [0.5, 0.6) is 0 Å². The number of benzene rings is 1. The first-order valence-electron chi connectivity index (χ1n) is 8.98. The zero-order chi connectivity index (χ0) is 20.7. The number of rotatable bonds is 9. The van der Waals surface area contributed by atoms with Gasteiger partial charge in [-0.1, -0.05) is 6.07 Å². The summed E-state index contributed by atoms with van der Waals surface area (Å²) < 4.78 is 30.6. The lowest BCUT2D eigenvalue weighted by atomic mass is 10.1. The van der Waals surface area contributed by atoms with E-state index in [-0.39, 0.29) is 16.9 Å². The number of hydrogen-bond donors (Lipinski definition) is 1. The van der Waals surface area contributed by atoms with Crippen molar-refractivity contribution in [1.82, 2.24) is 10.2 Å². The van der Waals surface area contributed by atoms with Crippen LogP contribution in [-0.2, 0) is 19.6 Å². The Morgan fingerprint density at radius 2 is 2.04 bits per heavy atom. The highest BCUT2D eigenvalue weighted by Crippen LogP contribution is 2.29. The van der Waals surface area contributed by atoms with Gasteiger partial charge in [0.25, 0.3) is 5.69 Å². The number of anilines is 1. The quantitative estimate of drug-likeness (QED) is 0.355. The van der Waals surface area contributed by atoms with E-state index in [0.29, 0.717) is 19.8 Å². The number of nitro benzene ring substituents is 1. The van der Waals surface area contributed by atoms with Gasteiger partial charge in [0.05, 0.1) is 35.6 Å². The summed E-state index contributed by atoms with van der Waals surface area (Å²) in [6, 6.07) is 4.15. The van der Waals surface area contributed by atoms with Gasteiger partial charge in [-0.2, -0.15) is 0 Å². The van der Waals surface area contributed by atoms with Crippen molar-refractivity contribution in [3.63, 3.8) is 0 Å². The first kappa shape index (κ1) is 22.1. The fourth-order valence-electron chi connectivity index (χ4n) is 3.00. The number of hydrogen-bond acceptors (Lipinski definition) is 7. The fourth-order valence-corrected chi connectivity index (χ4v) is 3.91. The smallest absolute Gasteiger partial charge is 0.274 e. The van der Waals surface area contributed by atoms with E-state index in [4.69, 9.17) is 4.74 Å². The lowest BCUT2D eigenvalue weighted by molar-refractivity contribution is -0.385. The molecule has 0 aliphatic carbocycles. The Morgan fingerprint density at radius 3 is 2.64 bits per heavy atom. The minimum atomic E-state index is -3.80. The van der Waals surface area contributed by atoms with Crippen LogP contribution in [0.2, 0.25) is 0 Å². The summed E-state index contributed by atoms with van der Waals surface area (Å²) >= 11 is 0. The van der Waals surface area contributed by atoms with Crippen LogP contribution in [0.25, 0.3) is 0 Å². The molecule has 2 rings (SSSR count). The van der Waals surface area contributed by atoms with Gasteiger partial charge in [-0.3, -0.25) is 24.1 Å². The first-order valence-corrected chi connectivity index (χ1v) is 10.8. The number of nitro groups is 1. The van der Waals surface area contributed by atoms with Crippen molar-refractivity contribution in [3.8, 4) is 0 Å². The van der Waals surface area contributed by atoms with Gasteiger partial charge in [0.15, 0.2) is 0 Å². The first-order chi connectivity index (χ1) is 13.2. The van der Waals surface area contributed by atoms with Crippen LogP contribution in [0.15, 0.2) is 18.2 Å². The number of carbonyl (C=O) groups excluding carboxylic acids is 1. The lowest BCUT2D eigenvalue weighted by Gasteiger charge is -2.26. The normalized spacial score (nSPS) is 15.2. The van der Waals surface area contributed by atoms with E-state index in [1.54, 1.807) is 0 Å². The molecular formula is C17H26N4O6S. The lowest BCUT2D eigenvalue weighted by Crippen LogP contribution is -2.42. The standard InChI is InChI=1S/C17H26N4O6S/c1-14-15(5-3-6-16(14)21(23)24)20(28(2,25)26)13-17(22)18-7-4-8-19-9-11-27-12-10-19/h3,5-6H,4,7-13H2,1-2H3,(H,18,22). The van der Waals surface area contributed by atoms with Gasteiger partial charge in [0.1, 0.15) is 6.54 Å². The fraction of sp³-hybridized carbons (Fsp3) is 0.588. The molecule has 0 unspecified atom stereocenters. The second-order valence-corrected chi connectivity index (χ2v) is 8.51. The van der Waals surface area contributed by atoms with Gasteiger partial charge >= 0.3 is 0 Å². The highest BCUT2D eigenvalue weighted by atomic mass is 32.2. The van der Waals surface area contributed by atoms with Crippen molar-refractivity contribution >= 4 is 27.3 Å². The molecule has 0 aromatic heterocycles.